The summed E-state index contributed by atoms with van der Waals surface area (Å²) < 4.78 is 10.1. The van der Waals surface area contributed by atoms with Gasteiger partial charge in [-0.2, -0.15) is 0 Å². The zero-order valence-corrected chi connectivity index (χ0v) is 14.5. The van der Waals surface area contributed by atoms with Crippen molar-refractivity contribution in [3.8, 4) is 0 Å². The maximum absolute atomic E-state index is 11.7. The standard InChI is InChI=1S/C19H28O4/c1-19(2,3)13-9-5-8-12-17(20)22-14-15-23-18(21)16-10-6-4-7-11-16/h4,6-7,10-11H,5,8-9,12-15H2,1-3H3. The normalized spacial score (nSPS) is 11.1. The van der Waals surface area contributed by atoms with E-state index in [-0.39, 0.29) is 19.2 Å². The molecule has 0 fully saturated rings. The summed E-state index contributed by atoms with van der Waals surface area (Å²) in [5.74, 6) is -0.625. The third-order valence-corrected chi connectivity index (χ3v) is 3.40. The average molecular weight is 320 g/mol. The molecule has 0 radical (unpaired) electrons. The molecular formula is C19H28O4. The third kappa shape index (κ3) is 9.72. The molecule has 0 saturated carbocycles. The van der Waals surface area contributed by atoms with Crippen LogP contribution in [0.1, 0.15) is 63.2 Å². The van der Waals surface area contributed by atoms with Gasteiger partial charge in [-0.1, -0.05) is 51.8 Å². The van der Waals surface area contributed by atoms with Gasteiger partial charge >= 0.3 is 11.9 Å². The van der Waals surface area contributed by atoms with E-state index in [9.17, 15) is 9.59 Å². The fourth-order valence-corrected chi connectivity index (χ4v) is 2.12. The molecule has 1 aromatic rings. The predicted octanol–water partition coefficient (Wildman–Crippen LogP) is 4.38. The number of unbranched alkanes of at least 4 members (excludes halogenated alkanes) is 2. The number of carbonyl (C=O) groups is 2. The fraction of sp³-hybridized carbons (Fsp3) is 0.579. The second-order valence-corrected chi connectivity index (χ2v) is 6.84. The second-order valence-electron chi connectivity index (χ2n) is 6.84. The number of esters is 2. The molecule has 0 bridgehead atoms. The molecule has 1 aromatic carbocycles. The number of rotatable bonds is 9. The monoisotopic (exact) mass is 320 g/mol. The van der Waals surface area contributed by atoms with E-state index in [4.69, 9.17) is 9.47 Å². The highest BCUT2D eigenvalue weighted by atomic mass is 16.6. The molecule has 0 aliphatic heterocycles. The zero-order chi connectivity index (χ0) is 17.1. The number of hydrogen-bond acceptors (Lipinski definition) is 4. The van der Waals surface area contributed by atoms with Gasteiger partial charge in [-0.05, 0) is 30.4 Å². The van der Waals surface area contributed by atoms with E-state index in [0.29, 0.717) is 17.4 Å². The highest BCUT2D eigenvalue weighted by Gasteiger charge is 2.10. The first kappa shape index (κ1) is 19.2. The molecule has 0 unspecified atom stereocenters. The lowest BCUT2D eigenvalue weighted by Crippen LogP contribution is -2.14. The van der Waals surface area contributed by atoms with Crippen molar-refractivity contribution in [2.45, 2.75) is 52.9 Å². The predicted molar refractivity (Wildman–Crippen MR) is 90.2 cm³/mol. The molecule has 0 spiro atoms. The van der Waals surface area contributed by atoms with Crippen LogP contribution in [-0.4, -0.2) is 25.2 Å². The SMILES string of the molecule is CC(C)(C)CCCCCC(=O)OCCOC(=O)c1ccccc1. The topological polar surface area (TPSA) is 52.6 Å². The molecule has 0 atom stereocenters. The van der Waals surface area contributed by atoms with Crippen LogP contribution in [0.15, 0.2) is 30.3 Å². The Bertz CT molecular complexity index is 474. The van der Waals surface area contributed by atoms with Gasteiger partial charge in [0.15, 0.2) is 0 Å². The molecule has 0 aliphatic rings. The lowest BCUT2D eigenvalue weighted by molar-refractivity contribution is -0.144. The summed E-state index contributed by atoms with van der Waals surface area (Å²) in [5, 5.41) is 0. The van der Waals surface area contributed by atoms with E-state index in [1.165, 1.54) is 0 Å². The van der Waals surface area contributed by atoms with Gasteiger partial charge in [0.25, 0.3) is 0 Å². The van der Waals surface area contributed by atoms with Crippen molar-refractivity contribution in [2.75, 3.05) is 13.2 Å². The van der Waals surface area contributed by atoms with Gasteiger partial charge in [0.2, 0.25) is 0 Å². The molecule has 0 aromatic heterocycles. The Balaban J connectivity index is 2.03. The molecule has 128 valence electrons. The summed E-state index contributed by atoms with van der Waals surface area (Å²) in [5.41, 5.74) is 0.848. The van der Waals surface area contributed by atoms with Crippen LogP contribution in [-0.2, 0) is 14.3 Å². The van der Waals surface area contributed by atoms with Crippen molar-refractivity contribution in [2.24, 2.45) is 5.41 Å². The Morgan fingerprint density at radius 2 is 1.57 bits per heavy atom. The van der Waals surface area contributed by atoms with Crippen LogP contribution in [0.3, 0.4) is 0 Å². The molecule has 23 heavy (non-hydrogen) atoms. The van der Waals surface area contributed by atoms with Crippen molar-refractivity contribution in [1.29, 1.82) is 0 Å². The first-order valence-corrected chi connectivity index (χ1v) is 8.26. The number of benzene rings is 1. The van der Waals surface area contributed by atoms with Gasteiger partial charge in [0.05, 0.1) is 5.56 Å². The molecule has 0 N–H and O–H groups in total. The summed E-state index contributed by atoms with van der Waals surface area (Å²) in [6.07, 6.45) is 4.60. The van der Waals surface area contributed by atoms with Gasteiger partial charge in [0, 0.05) is 6.42 Å². The smallest absolute Gasteiger partial charge is 0.338 e. The van der Waals surface area contributed by atoms with Crippen LogP contribution in [0.4, 0.5) is 0 Å². The summed E-state index contributed by atoms with van der Waals surface area (Å²) >= 11 is 0. The number of ether oxygens (including phenoxy) is 2. The zero-order valence-electron chi connectivity index (χ0n) is 14.5. The van der Waals surface area contributed by atoms with Gasteiger partial charge in [-0.3, -0.25) is 4.79 Å². The lowest BCUT2D eigenvalue weighted by atomic mass is 9.89. The minimum absolute atomic E-state index is 0.0868. The minimum Gasteiger partial charge on any atom is -0.462 e. The third-order valence-electron chi connectivity index (χ3n) is 3.40. The summed E-state index contributed by atoms with van der Waals surface area (Å²) in [6.45, 7) is 6.86. The van der Waals surface area contributed by atoms with Crippen LogP contribution in [0.5, 0.6) is 0 Å². The van der Waals surface area contributed by atoms with E-state index < -0.39 is 5.97 Å². The van der Waals surface area contributed by atoms with Crippen LogP contribution >= 0.6 is 0 Å². The highest BCUT2D eigenvalue weighted by molar-refractivity contribution is 5.89. The Labute approximate surface area is 139 Å². The second kappa shape index (κ2) is 10.0. The molecule has 0 amide bonds. The van der Waals surface area contributed by atoms with Crippen molar-refractivity contribution < 1.29 is 19.1 Å². The summed E-state index contributed by atoms with van der Waals surface area (Å²) in [7, 11) is 0. The first-order valence-electron chi connectivity index (χ1n) is 8.26. The summed E-state index contributed by atoms with van der Waals surface area (Å²) in [6, 6.07) is 8.75. The van der Waals surface area contributed by atoms with Gasteiger partial charge in [-0.25, -0.2) is 4.79 Å². The molecule has 4 heteroatoms. The van der Waals surface area contributed by atoms with Gasteiger partial charge < -0.3 is 9.47 Å². The van der Waals surface area contributed by atoms with Gasteiger partial charge in [0.1, 0.15) is 13.2 Å². The van der Waals surface area contributed by atoms with Crippen molar-refractivity contribution in [3.63, 3.8) is 0 Å². The van der Waals surface area contributed by atoms with E-state index in [0.717, 1.165) is 25.7 Å². The Morgan fingerprint density at radius 3 is 2.22 bits per heavy atom. The number of hydrogen-bond donors (Lipinski definition) is 0. The van der Waals surface area contributed by atoms with E-state index >= 15 is 0 Å². The van der Waals surface area contributed by atoms with Crippen molar-refractivity contribution in [1.82, 2.24) is 0 Å². The van der Waals surface area contributed by atoms with Crippen LogP contribution in [0, 0.1) is 5.41 Å². The molecular weight excluding hydrogens is 292 g/mol. The molecule has 0 aliphatic carbocycles. The van der Waals surface area contributed by atoms with E-state index in [1.54, 1.807) is 24.3 Å². The first-order chi connectivity index (χ1) is 10.9. The molecule has 0 saturated heterocycles. The van der Waals surface area contributed by atoms with Gasteiger partial charge in [-0.15, -0.1) is 0 Å². The maximum Gasteiger partial charge on any atom is 0.338 e. The Kier molecular flexibility index (Phi) is 8.38. The summed E-state index contributed by atoms with van der Waals surface area (Å²) in [4.78, 5) is 23.2. The Morgan fingerprint density at radius 1 is 0.913 bits per heavy atom. The highest BCUT2D eigenvalue weighted by Crippen LogP contribution is 2.22. The average Bonchev–Trinajstić information content (AvgIpc) is 2.50. The van der Waals surface area contributed by atoms with Crippen molar-refractivity contribution >= 4 is 11.9 Å². The van der Waals surface area contributed by atoms with Crippen LogP contribution in [0.2, 0.25) is 0 Å². The molecule has 0 heterocycles. The van der Waals surface area contributed by atoms with Crippen LogP contribution in [0.25, 0.3) is 0 Å². The quantitative estimate of drug-likeness (QED) is 0.500. The van der Waals surface area contributed by atoms with Crippen LogP contribution < -0.4 is 0 Å². The molecule has 1 rings (SSSR count). The largest absolute Gasteiger partial charge is 0.462 e. The Hall–Kier alpha value is -1.84. The lowest BCUT2D eigenvalue weighted by Gasteiger charge is -2.17. The maximum atomic E-state index is 11.7. The fourth-order valence-electron chi connectivity index (χ4n) is 2.12. The van der Waals surface area contributed by atoms with E-state index in [1.807, 2.05) is 6.07 Å². The number of carbonyl (C=O) groups excluding carboxylic acids is 2. The van der Waals surface area contributed by atoms with Crippen molar-refractivity contribution in [3.05, 3.63) is 35.9 Å². The minimum atomic E-state index is -0.399. The van der Waals surface area contributed by atoms with E-state index in [2.05, 4.69) is 20.8 Å². The molecule has 4 nitrogen and oxygen atoms in total.